The van der Waals surface area contributed by atoms with E-state index in [-0.39, 0.29) is 27.9 Å². The van der Waals surface area contributed by atoms with Crippen LogP contribution in [0.5, 0.6) is 0 Å². The molecule has 1 saturated carbocycles. The number of benzene rings is 1. The van der Waals surface area contributed by atoms with Gasteiger partial charge in [-0.2, -0.15) is 26.7 Å². The summed E-state index contributed by atoms with van der Waals surface area (Å²) in [6, 6.07) is 6.72. The number of hydrazone groups is 1. The lowest BCUT2D eigenvalue weighted by Crippen LogP contribution is -2.60. The monoisotopic (exact) mass is 362 g/mol. The van der Waals surface area contributed by atoms with E-state index in [2.05, 4.69) is 5.10 Å². The zero-order valence-corrected chi connectivity index (χ0v) is 13.5. The van der Waals surface area contributed by atoms with Gasteiger partial charge < -0.3 is 5.11 Å². The van der Waals surface area contributed by atoms with Gasteiger partial charge in [0, 0.05) is 5.71 Å². The van der Waals surface area contributed by atoms with E-state index < -0.39 is 27.8 Å². The van der Waals surface area contributed by atoms with Gasteiger partial charge >= 0.3 is 6.18 Å². The largest absolute Gasteiger partial charge is 0.439 e. The van der Waals surface area contributed by atoms with Gasteiger partial charge in [0.1, 0.15) is 0 Å². The molecule has 1 aromatic rings. The summed E-state index contributed by atoms with van der Waals surface area (Å²) in [6.45, 7) is 0. The molecule has 1 N–H and O–H groups in total. The lowest BCUT2D eigenvalue weighted by atomic mass is 9.88. The predicted octanol–water partition coefficient (Wildman–Crippen LogP) is 2.88. The highest BCUT2D eigenvalue weighted by Crippen LogP contribution is 2.49. The second kappa shape index (κ2) is 5.73. The van der Waals surface area contributed by atoms with Gasteiger partial charge in [-0.1, -0.05) is 31.0 Å². The minimum absolute atomic E-state index is 0.0512. The molecule has 9 heteroatoms. The van der Waals surface area contributed by atoms with Gasteiger partial charge in [-0.05, 0) is 31.4 Å². The molecule has 0 amide bonds. The van der Waals surface area contributed by atoms with E-state index in [1.165, 1.54) is 24.3 Å². The van der Waals surface area contributed by atoms with Crippen molar-refractivity contribution in [2.24, 2.45) is 11.0 Å². The molecule has 1 aromatic carbocycles. The number of sulfonamides is 1. The summed E-state index contributed by atoms with van der Waals surface area (Å²) in [5, 5.41) is 14.2. The first-order chi connectivity index (χ1) is 11.2. The first kappa shape index (κ1) is 17.2. The third-order valence-electron chi connectivity index (χ3n) is 4.51. The Bertz CT molecular complexity index is 749. The first-order valence-electron chi connectivity index (χ1n) is 7.66. The molecular weight excluding hydrogens is 345 g/mol. The standard InChI is InChI=1S/C15H17F3N2O3S/c16-15(17,18)14(21)12-9-5-2-6-10-13(12)19-20(14)24(22,23)11-7-3-1-4-8-11/h1,3-4,7-8,12,21H,2,5-6,9-10H2/t12-,14+/m1/s1. The summed E-state index contributed by atoms with van der Waals surface area (Å²) in [5.74, 6) is -1.36. The predicted molar refractivity (Wildman–Crippen MR) is 80.5 cm³/mol. The number of halogens is 3. The van der Waals surface area contributed by atoms with E-state index in [4.69, 9.17) is 0 Å². The topological polar surface area (TPSA) is 70.0 Å². The van der Waals surface area contributed by atoms with Gasteiger partial charge in [-0.25, -0.2) is 0 Å². The van der Waals surface area contributed by atoms with Crippen molar-refractivity contribution >= 4 is 15.7 Å². The van der Waals surface area contributed by atoms with Crippen LogP contribution in [0.3, 0.4) is 0 Å². The molecule has 24 heavy (non-hydrogen) atoms. The van der Waals surface area contributed by atoms with Gasteiger partial charge in [-0.15, -0.1) is 4.41 Å². The molecule has 0 radical (unpaired) electrons. The number of hydrogen-bond donors (Lipinski definition) is 1. The average molecular weight is 362 g/mol. The molecule has 2 aliphatic rings. The highest BCUT2D eigenvalue weighted by atomic mass is 32.2. The molecular formula is C15H17F3N2O3S. The van der Waals surface area contributed by atoms with E-state index in [1.54, 1.807) is 6.07 Å². The Labute approximate surface area is 137 Å². The number of hydrogen-bond acceptors (Lipinski definition) is 4. The first-order valence-corrected chi connectivity index (χ1v) is 9.10. The van der Waals surface area contributed by atoms with Crippen LogP contribution in [0, 0.1) is 5.92 Å². The minimum atomic E-state index is -5.16. The van der Waals surface area contributed by atoms with Crippen molar-refractivity contribution in [3.05, 3.63) is 30.3 Å². The van der Waals surface area contributed by atoms with Gasteiger partial charge in [0.25, 0.3) is 15.7 Å². The highest BCUT2D eigenvalue weighted by molar-refractivity contribution is 7.89. The Morgan fingerprint density at radius 3 is 2.46 bits per heavy atom. The Balaban J connectivity index is 2.14. The fourth-order valence-corrected chi connectivity index (χ4v) is 4.80. The molecule has 0 spiro atoms. The fourth-order valence-electron chi connectivity index (χ4n) is 3.29. The molecule has 1 aliphatic carbocycles. The van der Waals surface area contributed by atoms with E-state index in [1.807, 2.05) is 0 Å². The molecule has 3 rings (SSSR count). The van der Waals surface area contributed by atoms with E-state index in [9.17, 15) is 26.7 Å². The number of nitrogens with zero attached hydrogens (tertiary/aromatic N) is 2. The Morgan fingerprint density at radius 2 is 1.83 bits per heavy atom. The summed E-state index contributed by atoms with van der Waals surface area (Å²) in [7, 11) is -4.62. The third kappa shape index (κ3) is 2.50. The summed E-state index contributed by atoms with van der Waals surface area (Å²) in [6.07, 6.45) is -3.01. The van der Waals surface area contributed by atoms with Crippen LogP contribution < -0.4 is 0 Å². The molecule has 0 saturated heterocycles. The van der Waals surface area contributed by atoms with Crippen LogP contribution in [-0.2, 0) is 10.0 Å². The van der Waals surface area contributed by atoms with Crippen LogP contribution in [0.4, 0.5) is 13.2 Å². The molecule has 0 unspecified atom stereocenters. The normalized spacial score (nSPS) is 28.2. The minimum Gasteiger partial charge on any atom is -0.361 e. The number of aliphatic hydroxyl groups is 1. The van der Waals surface area contributed by atoms with Gasteiger partial charge in [0.05, 0.1) is 10.8 Å². The number of alkyl halides is 3. The summed E-state index contributed by atoms with van der Waals surface area (Å²) < 4.78 is 66.4. The van der Waals surface area contributed by atoms with Crippen LogP contribution in [0.25, 0.3) is 0 Å². The molecule has 132 valence electrons. The maximum atomic E-state index is 13.7. The smallest absolute Gasteiger partial charge is 0.361 e. The maximum absolute atomic E-state index is 13.7. The van der Waals surface area contributed by atoms with Crippen LogP contribution >= 0.6 is 0 Å². The molecule has 2 atom stereocenters. The lowest BCUT2D eigenvalue weighted by Gasteiger charge is -2.37. The Kier molecular flexibility index (Phi) is 4.11. The van der Waals surface area contributed by atoms with Crippen molar-refractivity contribution in [3.63, 3.8) is 0 Å². The molecule has 0 bridgehead atoms. The van der Waals surface area contributed by atoms with Crippen LogP contribution in [-0.4, -0.2) is 35.6 Å². The summed E-state index contributed by atoms with van der Waals surface area (Å²) >= 11 is 0. The van der Waals surface area contributed by atoms with E-state index >= 15 is 0 Å². The third-order valence-corrected chi connectivity index (χ3v) is 6.19. The average Bonchev–Trinajstić information content (AvgIpc) is 2.69. The second-order valence-electron chi connectivity index (χ2n) is 6.03. The number of fused-ring (bicyclic) bond motifs is 1. The molecule has 1 fully saturated rings. The molecule has 1 aliphatic heterocycles. The Morgan fingerprint density at radius 1 is 1.17 bits per heavy atom. The molecule has 5 nitrogen and oxygen atoms in total. The summed E-state index contributed by atoms with van der Waals surface area (Å²) in [4.78, 5) is -0.339. The van der Waals surface area contributed by atoms with Crippen molar-refractivity contribution in [2.75, 3.05) is 0 Å². The maximum Gasteiger partial charge on any atom is 0.439 e. The van der Waals surface area contributed by atoms with Crippen molar-refractivity contribution in [1.82, 2.24) is 4.41 Å². The zero-order chi connectivity index (χ0) is 17.6. The van der Waals surface area contributed by atoms with Crippen LogP contribution in [0.1, 0.15) is 32.1 Å². The van der Waals surface area contributed by atoms with Crippen molar-refractivity contribution in [3.8, 4) is 0 Å². The van der Waals surface area contributed by atoms with E-state index in [0.29, 0.717) is 12.8 Å². The molecule has 1 heterocycles. The van der Waals surface area contributed by atoms with E-state index in [0.717, 1.165) is 6.42 Å². The SMILES string of the molecule is O=S(=O)(c1ccccc1)N1N=C2CCCCC[C@H]2[C@]1(O)C(F)(F)F. The van der Waals surface area contributed by atoms with Crippen molar-refractivity contribution < 1.29 is 26.7 Å². The second-order valence-corrected chi connectivity index (χ2v) is 7.80. The summed E-state index contributed by atoms with van der Waals surface area (Å²) in [5.41, 5.74) is -3.44. The quantitative estimate of drug-likeness (QED) is 0.879. The lowest BCUT2D eigenvalue weighted by molar-refractivity contribution is -0.306. The van der Waals surface area contributed by atoms with Crippen LogP contribution in [0.15, 0.2) is 40.3 Å². The van der Waals surface area contributed by atoms with Gasteiger partial charge in [0.2, 0.25) is 0 Å². The van der Waals surface area contributed by atoms with Crippen molar-refractivity contribution in [2.45, 2.75) is 48.9 Å². The Hall–Kier alpha value is -1.61. The van der Waals surface area contributed by atoms with Crippen LogP contribution in [0.2, 0.25) is 0 Å². The van der Waals surface area contributed by atoms with Gasteiger partial charge in [0.15, 0.2) is 0 Å². The van der Waals surface area contributed by atoms with Gasteiger partial charge in [-0.3, -0.25) is 0 Å². The molecule has 0 aromatic heterocycles. The number of rotatable bonds is 2. The highest BCUT2D eigenvalue weighted by Gasteiger charge is 2.69. The zero-order valence-electron chi connectivity index (χ0n) is 12.7. The fraction of sp³-hybridized carbons (Fsp3) is 0.533. The van der Waals surface area contributed by atoms with Crippen molar-refractivity contribution in [1.29, 1.82) is 0 Å².